The van der Waals surface area contributed by atoms with E-state index in [4.69, 9.17) is 10.8 Å². The largest absolute Gasteiger partial charge is 0.368 e. The van der Waals surface area contributed by atoms with Crippen molar-refractivity contribution in [1.82, 2.24) is 24.6 Å². The van der Waals surface area contributed by atoms with Crippen molar-refractivity contribution >= 4 is 11.8 Å². The van der Waals surface area contributed by atoms with Gasteiger partial charge >= 0.3 is 0 Å². The lowest BCUT2D eigenvalue weighted by molar-refractivity contribution is 0.312. The van der Waals surface area contributed by atoms with Crippen molar-refractivity contribution in [2.24, 2.45) is 0 Å². The molecule has 0 spiro atoms. The van der Waals surface area contributed by atoms with Gasteiger partial charge in [0.2, 0.25) is 5.95 Å². The molecule has 0 amide bonds. The molecule has 7 nitrogen and oxygen atoms in total. The lowest BCUT2D eigenvalue weighted by Crippen LogP contribution is -2.44. The van der Waals surface area contributed by atoms with Crippen molar-refractivity contribution < 1.29 is 0 Å². The lowest BCUT2D eigenvalue weighted by atomic mass is 10.1. The van der Waals surface area contributed by atoms with Crippen molar-refractivity contribution in [1.29, 1.82) is 0 Å². The minimum Gasteiger partial charge on any atom is -0.368 e. The zero-order valence-corrected chi connectivity index (χ0v) is 19.1. The average molecular weight is 414 g/mol. The van der Waals surface area contributed by atoms with E-state index in [-0.39, 0.29) is 0 Å². The number of fused-ring (bicyclic) bond motifs is 1. The maximum absolute atomic E-state index is 5.96. The second-order valence-corrected chi connectivity index (χ2v) is 8.52. The quantitative estimate of drug-likeness (QED) is 0.722. The average Bonchev–Trinajstić information content (AvgIpc) is 3.19. The topological polar surface area (TPSA) is 76.1 Å². The van der Waals surface area contributed by atoms with Crippen molar-refractivity contribution in [2.45, 2.75) is 71.8 Å². The molecule has 1 saturated heterocycles. The number of piperazine rings is 1. The zero-order chi connectivity index (χ0) is 21.3. The van der Waals surface area contributed by atoms with Crippen molar-refractivity contribution in [3.63, 3.8) is 0 Å². The van der Waals surface area contributed by atoms with Crippen LogP contribution in [0.3, 0.4) is 0 Å². The van der Waals surface area contributed by atoms with Gasteiger partial charge in [0, 0.05) is 44.5 Å². The number of rotatable bonds is 6. The Morgan fingerprint density at radius 1 is 0.867 bits per heavy atom. The first-order valence-corrected chi connectivity index (χ1v) is 11.8. The number of nitrogens with zero attached hydrogens (tertiary/aromatic N) is 6. The summed E-state index contributed by atoms with van der Waals surface area (Å²) in [5.41, 5.74) is 8.99. The number of hydrogen-bond acceptors (Lipinski definition) is 6. The number of aromatic nitrogens is 4. The van der Waals surface area contributed by atoms with Crippen LogP contribution in [0.15, 0.2) is 12.1 Å². The monoisotopic (exact) mass is 413 g/mol. The fourth-order valence-electron chi connectivity index (χ4n) is 4.00. The molecule has 2 N–H and O–H groups in total. The summed E-state index contributed by atoms with van der Waals surface area (Å²) in [5.74, 6) is 1.23. The minimum absolute atomic E-state index is 0.322. The lowest BCUT2D eigenvalue weighted by Gasteiger charge is -2.33. The van der Waals surface area contributed by atoms with E-state index in [2.05, 4.69) is 51.4 Å². The van der Waals surface area contributed by atoms with Crippen LogP contribution in [0.2, 0.25) is 0 Å². The number of hydrogen-bond donors (Lipinski definition) is 1. The highest BCUT2D eigenvalue weighted by molar-refractivity contribution is 5.61. The van der Waals surface area contributed by atoms with Gasteiger partial charge in [0.15, 0.2) is 0 Å². The van der Waals surface area contributed by atoms with E-state index in [1.54, 1.807) is 0 Å². The minimum atomic E-state index is 0.322. The zero-order valence-electron chi connectivity index (χ0n) is 19.1. The first kappa shape index (κ1) is 22.5. The molecule has 0 bridgehead atoms. The summed E-state index contributed by atoms with van der Waals surface area (Å²) in [6.45, 7) is 9.50. The first-order chi connectivity index (χ1) is 14.6. The van der Waals surface area contributed by atoms with E-state index in [1.165, 1.54) is 50.6 Å². The van der Waals surface area contributed by atoms with E-state index >= 15 is 0 Å². The Morgan fingerprint density at radius 2 is 1.60 bits per heavy atom. The molecule has 2 aromatic heterocycles. The van der Waals surface area contributed by atoms with Crippen LogP contribution in [0, 0.1) is 0 Å². The Kier molecular flexibility index (Phi) is 8.49. The molecule has 0 atom stereocenters. The van der Waals surface area contributed by atoms with Gasteiger partial charge in [-0.15, -0.1) is 0 Å². The number of nitrogens with two attached hydrogens (primary N) is 1. The molecule has 2 aliphatic rings. The molecule has 0 unspecified atom stereocenters. The van der Waals surface area contributed by atoms with Gasteiger partial charge < -0.3 is 15.5 Å². The van der Waals surface area contributed by atoms with Gasteiger partial charge in [-0.1, -0.05) is 46.0 Å². The second kappa shape index (κ2) is 11.3. The molecular weight excluding hydrogens is 374 g/mol. The van der Waals surface area contributed by atoms with Crippen LogP contribution >= 0.6 is 0 Å². The third kappa shape index (κ3) is 6.17. The summed E-state index contributed by atoms with van der Waals surface area (Å²) >= 11 is 0. The van der Waals surface area contributed by atoms with Crippen molar-refractivity contribution in [3.05, 3.63) is 17.8 Å². The fraction of sp³-hybridized carbons (Fsp3) is 0.696. The Hall–Kier alpha value is -2.15. The van der Waals surface area contributed by atoms with Crippen LogP contribution in [0.1, 0.15) is 64.5 Å². The number of nitrogen functional groups attached to an aromatic ring is 1. The predicted octanol–water partition coefficient (Wildman–Crippen LogP) is 3.99. The number of aryl methyl sites for hydroxylation is 2. The molecule has 166 valence electrons. The van der Waals surface area contributed by atoms with Gasteiger partial charge in [-0.2, -0.15) is 10.1 Å². The predicted molar refractivity (Wildman–Crippen MR) is 125 cm³/mol. The molecular formula is C23H39N7. The summed E-state index contributed by atoms with van der Waals surface area (Å²) < 4.78 is 2.10. The van der Waals surface area contributed by atoms with Gasteiger partial charge in [-0.05, 0) is 32.4 Å². The molecule has 1 fully saturated rings. The third-order valence-corrected chi connectivity index (χ3v) is 5.94. The van der Waals surface area contributed by atoms with Gasteiger partial charge in [-0.25, -0.2) is 4.98 Å². The molecule has 2 aliphatic heterocycles. The van der Waals surface area contributed by atoms with E-state index in [0.29, 0.717) is 5.95 Å². The SMILES string of the molecule is CCCCCCC.CN1CCN(c2cc(-c3cc4n(n3)CCCC4)nc(N)n2)CC1. The summed E-state index contributed by atoms with van der Waals surface area (Å²) in [6, 6.07) is 4.17. The molecule has 4 heterocycles. The van der Waals surface area contributed by atoms with Crippen LogP contribution in [0.5, 0.6) is 0 Å². The van der Waals surface area contributed by atoms with Gasteiger partial charge in [0.05, 0.1) is 5.69 Å². The number of likely N-dealkylation sites (N-methyl/N-ethyl adjacent to an activating group) is 1. The molecule has 0 aliphatic carbocycles. The fourth-order valence-corrected chi connectivity index (χ4v) is 4.00. The van der Waals surface area contributed by atoms with Crippen molar-refractivity contribution in [3.8, 4) is 11.4 Å². The molecule has 2 aromatic rings. The highest BCUT2D eigenvalue weighted by Crippen LogP contribution is 2.25. The van der Waals surface area contributed by atoms with Crippen molar-refractivity contribution in [2.75, 3.05) is 43.9 Å². The van der Waals surface area contributed by atoms with E-state index in [1.807, 2.05) is 6.07 Å². The molecule has 7 heteroatoms. The van der Waals surface area contributed by atoms with Crippen LogP contribution in [-0.4, -0.2) is 57.9 Å². The summed E-state index contributed by atoms with van der Waals surface area (Å²) in [4.78, 5) is 13.4. The number of unbranched alkanes of at least 4 members (excludes halogenated alkanes) is 4. The highest BCUT2D eigenvalue weighted by atomic mass is 15.3. The summed E-state index contributed by atoms with van der Waals surface area (Å²) in [6.07, 6.45) is 10.5. The first-order valence-electron chi connectivity index (χ1n) is 11.8. The van der Waals surface area contributed by atoms with Gasteiger partial charge in [0.1, 0.15) is 11.5 Å². The standard InChI is InChI=1S/C16H23N7.C7H16/c1-21-6-8-22(9-7-21)15-11-13(18-16(17)19-15)14-10-12-4-2-3-5-23(12)20-14;1-3-5-7-6-4-2/h10-11H,2-9H2,1H3,(H2,17,18,19);3-7H2,1-2H3. The summed E-state index contributed by atoms with van der Waals surface area (Å²) in [7, 11) is 2.15. The Labute approximate surface area is 181 Å². The summed E-state index contributed by atoms with van der Waals surface area (Å²) in [5, 5.41) is 4.70. The van der Waals surface area contributed by atoms with Crippen LogP contribution in [-0.2, 0) is 13.0 Å². The normalized spacial score (nSPS) is 16.7. The second-order valence-electron chi connectivity index (χ2n) is 8.52. The van der Waals surface area contributed by atoms with E-state index in [0.717, 1.165) is 56.4 Å². The van der Waals surface area contributed by atoms with Gasteiger partial charge in [-0.3, -0.25) is 4.68 Å². The highest BCUT2D eigenvalue weighted by Gasteiger charge is 2.19. The van der Waals surface area contributed by atoms with E-state index < -0.39 is 0 Å². The van der Waals surface area contributed by atoms with Crippen LogP contribution < -0.4 is 10.6 Å². The maximum Gasteiger partial charge on any atom is 0.222 e. The van der Waals surface area contributed by atoms with Crippen LogP contribution in [0.25, 0.3) is 11.4 Å². The Morgan fingerprint density at radius 3 is 2.27 bits per heavy atom. The van der Waals surface area contributed by atoms with E-state index in [9.17, 15) is 0 Å². The molecule has 30 heavy (non-hydrogen) atoms. The Balaban J connectivity index is 0.000000318. The smallest absolute Gasteiger partial charge is 0.222 e. The molecule has 0 saturated carbocycles. The van der Waals surface area contributed by atoms with Gasteiger partial charge in [0.25, 0.3) is 0 Å². The molecule has 0 aromatic carbocycles. The molecule has 0 radical (unpaired) electrons. The number of anilines is 2. The van der Waals surface area contributed by atoms with Crippen LogP contribution in [0.4, 0.5) is 11.8 Å². The third-order valence-electron chi connectivity index (χ3n) is 5.94. The Bertz CT molecular complexity index is 750. The molecule has 4 rings (SSSR count). The maximum atomic E-state index is 5.96.